The van der Waals surface area contributed by atoms with Crippen molar-refractivity contribution in [1.29, 1.82) is 0 Å². The number of nitrogens with one attached hydrogen (secondary N) is 1. The third-order valence-corrected chi connectivity index (χ3v) is 2.07. The predicted molar refractivity (Wildman–Crippen MR) is 72.0 cm³/mol. The van der Waals surface area contributed by atoms with E-state index in [-0.39, 0.29) is 12.1 Å². The molecule has 1 atom stereocenters. The molecule has 1 amide bonds. The van der Waals surface area contributed by atoms with E-state index in [1.807, 2.05) is 27.7 Å². The first-order valence-corrected chi connectivity index (χ1v) is 6.24. The summed E-state index contributed by atoms with van der Waals surface area (Å²) in [4.78, 5) is 11.7. The molecule has 0 radical (unpaired) electrons. The van der Waals surface area contributed by atoms with Gasteiger partial charge in [-0.3, -0.25) is 0 Å². The van der Waals surface area contributed by atoms with Gasteiger partial charge in [0.1, 0.15) is 5.60 Å². The average molecular weight is 241 g/mol. The van der Waals surface area contributed by atoms with Crippen molar-refractivity contribution in [3.8, 4) is 0 Å². The smallest absolute Gasteiger partial charge is 0.407 e. The molecule has 0 rings (SSSR count). The monoisotopic (exact) mass is 241 g/mol. The molecule has 0 fully saturated rings. The van der Waals surface area contributed by atoms with Gasteiger partial charge < -0.3 is 10.1 Å². The van der Waals surface area contributed by atoms with Gasteiger partial charge in [-0.1, -0.05) is 19.4 Å². The van der Waals surface area contributed by atoms with E-state index in [0.29, 0.717) is 5.92 Å². The highest BCUT2D eigenvalue weighted by molar-refractivity contribution is 5.68. The number of hydrogen-bond acceptors (Lipinski definition) is 2. The molecule has 0 aromatic carbocycles. The topological polar surface area (TPSA) is 38.3 Å². The van der Waals surface area contributed by atoms with E-state index in [1.54, 1.807) is 0 Å². The van der Waals surface area contributed by atoms with Gasteiger partial charge in [0.2, 0.25) is 0 Å². The van der Waals surface area contributed by atoms with Crippen LogP contribution in [0.1, 0.15) is 54.4 Å². The SMILES string of the molecule is C=C(C)CC(CC(C)C)NC(=O)OC(C)(C)C. The number of amides is 1. The van der Waals surface area contributed by atoms with E-state index >= 15 is 0 Å². The van der Waals surface area contributed by atoms with Crippen molar-refractivity contribution in [3.05, 3.63) is 12.2 Å². The summed E-state index contributed by atoms with van der Waals surface area (Å²) < 4.78 is 5.25. The number of hydrogen-bond donors (Lipinski definition) is 1. The Morgan fingerprint density at radius 3 is 2.24 bits per heavy atom. The van der Waals surface area contributed by atoms with Gasteiger partial charge in [0, 0.05) is 6.04 Å². The Labute approximate surface area is 106 Å². The summed E-state index contributed by atoms with van der Waals surface area (Å²) in [6.45, 7) is 15.7. The number of carbonyl (C=O) groups excluding carboxylic acids is 1. The Morgan fingerprint density at radius 1 is 1.35 bits per heavy atom. The quantitative estimate of drug-likeness (QED) is 0.741. The molecule has 100 valence electrons. The molecule has 0 bridgehead atoms. The second kappa shape index (κ2) is 6.67. The lowest BCUT2D eigenvalue weighted by molar-refractivity contribution is 0.0498. The molecule has 1 N–H and O–H groups in total. The Bertz CT molecular complexity index is 264. The Morgan fingerprint density at radius 2 is 1.88 bits per heavy atom. The standard InChI is InChI=1S/C14H27NO2/c1-10(2)8-12(9-11(3)4)15-13(16)17-14(5,6)7/h11-12H,1,8-9H2,2-7H3,(H,15,16). The van der Waals surface area contributed by atoms with Gasteiger partial charge in [0.15, 0.2) is 0 Å². The van der Waals surface area contributed by atoms with E-state index in [9.17, 15) is 4.79 Å². The third-order valence-electron chi connectivity index (χ3n) is 2.07. The van der Waals surface area contributed by atoms with Crippen LogP contribution in [-0.2, 0) is 4.74 Å². The molecule has 0 aliphatic heterocycles. The van der Waals surface area contributed by atoms with Crippen molar-refractivity contribution >= 4 is 6.09 Å². The summed E-state index contributed by atoms with van der Waals surface area (Å²) in [7, 11) is 0. The largest absolute Gasteiger partial charge is 0.444 e. The molecule has 1 unspecified atom stereocenters. The number of ether oxygens (including phenoxy) is 1. The molecule has 3 nitrogen and oxygen atoms in total. The summed E-state index contributed by atoms with van der Waals surface area (Å²) in [5, 5.41) is 2.91. The van der Waals surface area contributed by atoms with E-state index in [2.05, 4.69) is 25.7 Å². The summed E-state index contributed by atoms with van der Waals surface area (Å²) in [5.41, 5.74) is 0.627. The summed E-state index contributed by atoms with van der Waals surface area (Å²) in [6, 6.07) is 0.113. The Hall–Kier alpha value is -0.990. The van der Waals surface area contributed by atoms with Crippen molar-refractivity contribution in [3.63, 3.8) is 0 Å². The molecule has 0 aromatic heterocycles. The van der Waals surface area contributed by atoms with Crippen LogP contribution in [0.15, 0.2) is 12.2 Å². The van der Waals surface area contributed by atoms with E-state index in [0.717, 1.165) is 18.4 Å². The zero-order valence-corrected chi connectivity index (χ0v) is 12.1. The minimum atomic E-state index is -0.449. The van der Waals surface area contributed by atoms with Crippen LogP contribution in [-0.4, -0.2) is 17.7 Å². The molecule has 0 aliphatic carbocycles. The van der Waals surface area contributed by atoms with Gasteiger partial charge in [-0.25, -0.2) is 4.79 Å². The van der Waals surface area contributed by atoms with E-state index in [1.165, 1.54) is 0 Å². The zero-order valence-electron chi connectivity index (χ0n) is 12.1. The fraction of sp³-hybridized carbons (Fsp3) is 0.786. The van der Waals surface area contributed by atoms with Crippen molar-refractivity contribution < 1.29 is 9.53 Å². The highest BCUT2D eigenvalue weighted by Crippen LogP contribution is 2.13. The molecule has 0 spiro atoms. The second-order valence-electron chi connectivity index (χ2n) is 6.13. The number of alkyl carbamates (subject to hydrolysis) is 1. The molecular weight excluding hydrogens is 214 g/mol. The molecule has 0 saturated carbocycles. The minimum Gasteiger partial charge on any atom is -0.444 e. The highest BCUT2D eigenvalue weighted by atomic mass is 16.6. The first-order chi connectivity index (χ1) is 7.60. The van der Waals surface area contributed by atoms with Gasteiger partial charge in [0.05, 0.1) is 0 Å². The first-order valence-electron chi connectivity index (χ1n) is 6.24. The second-order valence-corrected chi connectivity index (χ2v) is 6.13. The van der Waals surface area contributed by atoms with Crippen LogP contribution < -0.4 is 5.32 Å². The van der Waals surface area contributed by atoms with Crippen molar-refractivity contribution in [1.82, 2.24) is 5.32 Å². The maximum Gasteiger partial charge on any atom is 0.407 e. The van der Waals surface area contributed by atoms with E-state index in [4.69, 9.17) is 4.74 Å². The molecule has 3 heteroatoms. The summed E-state index contributed by atoms with van der Waals surface area (Å²) in [5.74, 6) is 0.536. The average Bonchev–Trinajstić information content (AvgIpc) is 1.95. The lowest BCUT2D eigenvalue weighted by Crippen LogP contribution is -2.39. The van der Waals surface area contributed by atoms with Crippen LogP contribution in [0.2, 0.25) is 0 Å². The van der Waals surface area contributed by atoms with Crippen LogP contribution >= 0.6 is 0 Å². The molecule has 0 aromatic rings. The van der Waals surface area contributed by atoms with Gasteiger partial charge in [0.25, 0.3) is 0 Å². The minimum absolute atomic E-state index is 0.113. The van der Waals surface area contributed by atoms with Gasteiger partial charge in [-0.15, -0.1) is 6.58 Å². The van der Waals surface area contributed by atoms with Crippen LogP contribution in [0.25, 0.3) is 0 Å². The Kier molecular flexibility index (Phi) is 6.29. The number of carbonyl (C=O) groups is 1. The normalized spacial score (nSPS) is 13.4. The number of rotatable bonds is 5. The van der Waals surface area contributed by atoms with Gasteiger partial charge in [-0.05, 0) is 46.5 Å². The zero-order chi connectivity index (χ0) is 13.6. The molecule has 0 heterocycles. The fourth-order valence-corrected chi connectivity index (χ4v) is 1.66. The van der Waals surface area contributed by atoms with Crippen LogP contribution in [0.3, 0.4) is 0 Å². The first kappa shape index (κ1) is 16.0. The van der Waals surface area contributed by atoms with Crippen molar-refractivity contribution in [2.45, 2.75) is 66.0 Å². The van der Waals surface area contributed by atoms with Crippen LogP contribution in [0.4, 0.5) is 4.79 Å². The van der Waals surface area contributed by atoms with Gasteiger partial charge in [-0.2, -0.15) is 0 Å². The lowest BCUT2D eigenvalue weighted by Gasteiger charge is -2.24. The molecule has 17 heavy (non-hydrogen) atoms. The molecule has 0 saturated heterocycles. The molecular formula is C14H27NO2. The van der Waals surface area contributed by atoms with Crippen LogP contribution in [0, 0.1) is 5.92 Å². The Balaban J connectivity index is 4.32. The van der Waals surface area contributed by atoms with Crippen LogP contribution in [0.5, 0.6) is 0 Å². The third kappa shape index (κ3) is 9.91. The summed E-state index contributed by atoms with van der Waals surface area (Å²) >= 11 is 0. The summed E-state index contributed by atoms with van der Waals surface area (Å²) in [6.07, 6.45) is 1.40. The lowest BCUT2D eigenvalue weighted by atomic mass is 9.98. The highest BCUT2D eigenvalue weighted by Gasteiger charge is 2.20. The maximum atomic E-state index is 11.7. The predicted octanol–water partition coefficient (Wildman–Crippen LogP) is 3.89. The molecule has 0 aliphatic rings. The van der Waals surface area contributed by atoms with Gasteiger partial charge >= 0.3 is 6.09 Å². The van der Waals surface area contributed by atoms with E-state index < -0.39 is 5.60 Å². The fourth-order valence-electron chi connectivity index (χ4n) is 1.66. The van der Waals surface area contributed by atoms with Crippen molar-refractivity contribution in [2.24, 2.45) is 5.92 Å². The maximum absolute atomic E-state index is 11.7. The van der Waals surface area contributed by atoms with Crippen molar-refractivity contribution in [2.75, 3.05) is 0 Å².